The Labute approximate surface area is 177 Å². The summed E-state index contributed by atoms with van der Waals surface area (Å²) < 4.78 is 19.3. The number of hydrogen-bond donors (Lipinski definition) is 0. The zero-order valence-electron chi connectivity index (χ0n) is 17.0. The molecule has 9 heteroatoms. The number of hydrogen-bond acceptors (Lipinski definition) is 7. The van der Waals surface area contributed by atoms with E-state index in [2.05, 4.69) is 15.4 Å². The van der Waals surface area contributed by atoms with E-state index in [-0.39, 0.29) is 19.1 Å². The normalized spacial score (nSPS) is 12.2. The van der Waals surface area contributed by atoms with Gasteiger partial charge < -0.3 is 14.2 Å². The van der Waals surface area contributed by atoms with Crippen LogP contribution in [-0.4, -0.2) is 31.6 Å². The molecule has 0 N–H and O–H groups in total. The molecular weight excluding hydrogens is 398 g/mol. The Morgan fingerprint density at radius 1 is 1.03 bits per heavy atom. The molecule has 2 aromatic heterocycles. The molecule has 0 radical (unpaired) electrons. The third-order valence-corrected chi connectivity index (χ3v) is 5.09. The van der Waals surface area contributed by atoms with Gasteiger partial charge in [0.25, 0.3) is 0 Å². The van der Waals surface area contributed by atoms with E-state index >= 15 is 0 Å². The highest BCUT2D eigenvalue weighted by molar-refractivity contribution is 5.64. The van der Waals surface area contributed by atoms with Crippen molar-refractivity contribution in [1.29, 1.82) is 0 Å². The summed E-state index contributed by atoms with van der Waals surface area (Å²) in [6, 6.07) is 16.9. The fourth-order valence-electron chi connectivity index (χ4n) is 3.40. The SMILES string of the molecule is Cc1cccc(-n2nnn(C)c2=O)c1COc1cccc(-c2ccc3c(c2)OCO3)n1. The van der Waals surface area contributed by atoms with Crippen LogP contribution in [0, 0.1) is 6.92 Å². The van der Waals surface area contributed by atoms with Gasteiger partial charge in [-0.2, -0.15) is 9.36 Å². The maximum absolute atomic E-state index is 12.3. The van der Waals surface area contributed by atoms with Crippen LogP contribution in [-0.2, 0) is 13.7 Å². The van der Waals surface area contributed by atoms with Gasteiger partial charge in [0.1, 0.15) is 6.61 Å². The topological polar surface area (TPSA) is 93.3 Å². The van der Waals surface area contributed by atoms with E-state index in [1.54, 1.807) is 13.1 Å². The second-order valence-corrected chi connectivity index (χ2v) is 7.09. The first-order chi connectivity index (χ1) is 15.1. The summed E-state index contributed by atoms with van der Waals surface area (Å²) in [7, 11) is 1.56. The van der Waals surface area contributed by atoms with Crippen LogP contribution in [0.3, 0.4) is 0 Å². The number of tetrazole rings is 1. The zero-order valence-corrected chi connectivity index (χ0v) is 17.0. The molecule has 0 amide bonds. The molecule has 2 aromatic carbocycles. The minimum absolute atomic E-state index is 0.225. The first kappa shape index (κ1) is 18.9. The van der Waals surface area contributed by atoms with Crippen LogP contribution in [0.2, 0.25) is 0 Å². The summed E-state index contributed by atoms with van der Waals surface area (Å²) in [6.07, 6.45) is 0. The van der Waals surface area contributed by atoms with Crippen LogP contribution in [0.5, 0.6) is 17.4 Å². The molecule has 0 saturated heterocycles. The van der Waals surface area contributed by atoms with Crippen molar-refractivity contribution in [3.05, 3.63) is 76.2 Å². The molecule has 0 saturated carbocycles. The Hall–Kier alpha value is -4.14. The van der Waals surface area contributed by atoms with E-state index in [1.165, 1.54) is 9.36 Å². The number of aryl methyl sites for hydroxylation is 2. The lowest BCUT2D eigenvalue weighted by molar-refractivity contribution is 0.174. The molecule has 31 heavy (non-hydrogen) atoms. The molecule has 0 bridgehead atoms. The minimum atomic E-state index is -0.324. The van der Waals surface area contributed by atoms with Crippen LogP contribution < -0.4 is 19.9 Å². The molecule has 0 aliphatic carbocycles. The number of rotatable bonds is 5. The summed E-state index contributed by atoms with van der Waals surface area (Å²) >= 11 is 0. The number of nitrogens with zero attached hydrogens (tertiary/aromatic N) is 5. The zero-order chi connectivity index (χ0) is 21.4. The molecule has 3 heterocycles. The maximum Gasteiger partial charge on any atom is 0.368 e. The molecular formula is C22H19N5O4. The molecule has 156 valence electrons. The van der Waals surface area contributed by atoms with E-state index in [0.29, 0.717) is 17.3 Å². The summed E-state index contributed by atoms with van der Waals surface area (Å²) in [6.45, 7) is 2.41. The van der Waals surface area contributed by atoms with Crippen molar-refractivity contribution < 1.29 is 14.2 Å². The van der Waals surface area contributed by atoms with Crippen LogP contribution in [0.1, 0.15) is 11.1 Å². The maximum atomic E-state index is 12.3. The second kappa shape index (κ2) is 7.60. The summed E-state index contributed by atoms with van der Waals surface area (Å²) in [4.78, 5) is 16.9. The average molecular weight is 417 g/mol. The first-order valence-electron chi connectivity index (χ1n) is 9.68. The molecule has 0 spiro atoms. The Balaban J connectivity index is 1.42. The van der Waals surface area contributed by atoms with Gasteiger partial charge in [0.2, 0.25) is 12.7 Å². The van der Waals surface area contributed by atoms with Crippen LogP contribution >= 0.6 is 0 Å². The molecule has 9 nitrogen and oxygen atoms in total. The fourth-order valence-corrected chi connectivity index (χ4v) is 3.40. The quantitative estimate of drug-likeness (QED) is 0.493. The van der Waals surface area contributed by atoms with Gasteiger partial charge in [-0.25, -0.2) is 9.78 Å². The molecule has 1 aliphatic rings. The molecule has 0 fully saturated rings. The Bertz CT molecular complexity index is 1330. The van der Waals surface area contributed by atoms with Crippen molar-refractivity contribution >= 4 is 0 Å². The monoisotopic (exact) mass is 417 g/mol. The molecule has 5 rings (SSSR count). The van der Waals surface area contributed by atoms with Crippen molar-refractivity contribution in [1.82, 2.24) is 24.8 Å². The third-order valence-electron chi connectivity index (χ3n) is 5.09. The smallest absolute Gasteiger partial charge is 0.368 e. The van der Waals surface area contributed by atoms with Crippen molar-refractivity contribution in [3.63, 3.8) is 0 Å². The highest BCUT2D eigenvalue weighted by Crippen LogP contribution is 2.35. The van der Waals surface area contributed by atoms with Gasteiger partial charge in [-0.1, -0.05) is 18.2 Å². The Morgan fingerprint density at radius 2 is 1.87 bits per heavy atom. The van der Waals surface area contributed by atoms with Gasteiger partial charge in [0.15, 0.2) is 11.5 Å². The lowest BCUT2D eigenvalue weighted by atomic mass is 10.1. The first-order valence-corrected chi connectivity index (χ1v) is 9.68. The van der Waals surface area contributed by atoms with Gasteiger partial charge >= 0.3 is 5.69 Å². The largest absolute Gasteiger partial charge is 0.473 e. The van der Waals surface area contributed by atoms with Gasteiger partial charge in [0, 0.05) is 24.2 Å². The Kier molecular flexibility index (Phi) is 4.62. The fraction of sp³-hybridized carbons (Fsp3) is 0.182. The van der Waals surface area contributed by atoms with Crippen molar-refractivity contribution in [2.24, 2.45) is 7.05 Å². The number of ether oxygens (including phenoxy) is 3. The Morgan fingerprint density at radius 3 is 2.71 bits per heavy atom. The predicted octanol–water partition coefficient (Wildman–Crippen LogP) is 2.64. The molecule has 0 unspecified atom stereocenters. The van der Waals surface area contributed by atoms with Crippen molar-refractivity contribution in [2.75, 3.05) is 6.79 Å². The average Bonchev–Trinajstić information content (AvgIpc) is 3.39. The van der Waals surface area contributed by atoms with Crippen LogP contribution in [0.15, 0.2) is 59.4 Å². The van der Waals surface area contributed by atoms with E-state index in [0.717, 1.165) is 28.1 Å². The van der Waals surface area contributed by atoms with E-state index in [9.17, 15) is 4.79 Å². The van der Waals surface area contributed by atoms with Gasteiger partial charge in [-0.05, 0) is 53.2 Å². The lowest BCUT2D eigenvalue weighted by Crippen LogP contribution is -2.23. The number of pyridine rings is 1. The predicted molar refractivity (Wildman–Crippen MR) is 111 cm³/mol. The molecule has 1 aliphatic heterocycles. The van der Waals surface area contributed by atoms with Gasteiger partial charge in [0.05, 0.1) is 11.4 Å². The number of fused-ring (bicyclic) bond motifs is 1. The van der Waals surface area contributed by atoms with Crippen LogP contribution in [0.4, 0.5) is 0 Å². The second-order valence-electron chi connectivity index (χ2n) is 7.09. The lowest BCUT2D eigenvalue weighted by Gasteiger charge is -2.13. The van der Waals surface area contributed by atoms with Gasteiger partial charge in [-0.15, -0.1) is 0 Å². The van der Waals surface area contributed by atoms with E-state index < -0.39 is 0 Å². The van der Waals surface area contributed by atoms with Crippen molar-refractivity contribution in [2.45, 2.75) is 13.5 Å². The van der Waals surface area contributed by atoms with E-state index in [1.807, 2.05) is 55.5 Å². The molecule has 4 aromatic rings. The van der Waals surface area contributed by atoms with Crippen LogP contribution in [0.25, 0.3) is 16.9 Å². The summed E-state index contributed by atoms with van der Waals surface area (Å²) in [5.41, 5.74) is 3.77. The third kappa shape index (κ3) is 3.50. The molecule has 0 atom stereocenters. The summed E-state index contributed by atoms with van der Waals surface area (Å²) in [5, 5.41) is 7.74. The van der Waals surface area contributed by atoms with Crippen molar-refractivity contribution in [3.8, 4) is 34.3 Å². The van der Waals surface area contributed by atoms with Gasteiger partial charge in [-0.3, -0.25) is 0 Å². The van der Waals surface area contributed by atoms with E-state index in [4.69, 9.17) is 14.2 Å². The minimum Gasteiger partial charge on any atom is -0.473 e. The summed E-state index contributed by atoms with van der Waals surface area (Å²) in [5.74, 6) is 1.89. The highest BCUT2D eigenvalue weighted by atomic mass is 16.7. The highest BCUT2D eigenvalue weighted by Gasteiger charge is 2.16. The number of aromatic nitrogens is 5. The number of benzene rings is 2. The standard InChI is InChI=1S/C22H19N5O4/c1-14-5-3-7-18(27-22(28)26(2)24-25-27)16(14)12-29-21-8-4-6-17(23-21)15-9-10-19-20(11-15)31-13-30-19/h3-11H,12-13H2,1-2H3.